The van der Waals surface area contributed by atoms with Gasteiger partial charge in [0.15, 0.2) is 0 Å². The second-order valence-electron chi connectivity index (χ2n) is 4.84. The van der Waals surface area contributed by atoms with Crippen molar-refractivity contribution in [3.8, 4) is 11.3 Å². The fourth-order valence-electron chi connectivity index (χ4n) is 2.36. The molecule has 0 spiro atoms. The van der Waals surface area contributed by atoms with Crippen LogP contribution in [-0.4, -0.2) is 23.9 Å². The third-order valence-electron chi connectivity index (χ3n) is 3.33. The van der Waals surface area contributed by atoms with Crippen molar-refractivity contribution in [2.45, 2.75) is 6.18 Å². The van der Waals surface area contributed by atoms with Gasteiger partial charge in [-0.25, -0.2) is 4.98 Å². The highest BCUT2D eigenvalue weighted by molar-refractivity contribution is 6.05. The van der Waals surface area contributed by atoms with Crippen molar-refractivity contribution < 1.29 is 13.2 Å². The number of benzene rings is 1. The predicted octanol–water partition coefficient (Wildman–Crippen LogP) is 2.70. The number of nitrogens with two attached hydrogens (primary N) is 1. The Hall–Kier alpha value is -2.57. The third kappa shape index (κ3) is 2.61. The van der Waals surface area contributed by atoms with Gasteiger partial charge in [0.25, 0.3) is 0 Å². The maximum Gasteiger partial charge on any atom is 0.417 e. The Bertz CT molecular complexity index is 724. The van der Waals surface area contributed by atoms with Gasteiger partial charge in [0.05, 0.1) is 23.4 Å². The van der Waals surface area contributed by atoms with Gasteiger partial charge in [-0.1, -0.05) is 30.3 Å². The molecule has 0 bridgehead atoms. The topological polar surface area (TPSA) is 63.3 Å². The van der Waals surface area contributed by atoms with E-state index < -0.39 is 11.7 Å². The summed E-state index contributed by atoms with van der Waals surface area (Å²) in [4.78, 5) is 8.15. The van der Waals surface area contributed by atoms with Crippen LogP contribution in [0.3, 0.4) is 0 Å². The normalized spacial score (nSPS) is 14.6. The molecule has 4 nitrogen and oxygen atoms in total. The van der Waals surface area contributed by atoms with Crippen LogP contribution in [0.1, 0.15) is 11.1 Å². The largest absolute Gasteiger partial charge is 0.417 e. The molecule has 1 aliphatic heterocycles. The number of hydrogen-bond donors (Lipinski definition) is 2. The lowest BCUT2D eigenvalue weighted by Crippen LogP contribution is -2.25. The Labute approximate surface area is 124 Å². The zero-order valence-corrected chi connectivity index (χ0v) is 11.5. The quantitative estimate of drug-likeness (QED) is 0.896. The molecule has 3 N–H and O–H groups in total. The van der Waals surface area contributed by atoms with Crippen LogP contribution in [0.25, 0.3) is 11.3 Å². The van der Waals surface area contributed by atoms with Crippen LogP contribution in [-0.2, 0) is 6.18 Å². The van der Waals surface area contributed by atoms with Gasteiger partial charge in [0.2, 0.25) is 0 Å². The number of rotatable bonds is 2. The average molecular weight is 306 g/mol. The Balaban J connectivity index is 2.20. The monoisotopic (exact) mass is 306 g/mol. The van der Waals surface area contributed by atoms with Gasteiger partial charge < -0.3 is 11.1 Å². The standard InChI is InChI=1S/C15H13F3N4/c16-15(17,18)10-8-11(9-4-2-1-3-5-9)22-13(19)12(10)14-20-6-7-21-14/h1-5,8H,6-7H2,(H2,19,22)(H,20,21). The zero-order valence-electron chi connectivity index (χ0n) is 11.5. The maximum absolute atomic E-state index is 13.4. The minimum absolute atomic E-state index is 0.150. The van der Waals surface area contributed by atoms with Crippen molar-refractivity contribution in [1.82, 2.24) is 10.3 Å². The molecule has 0 saturated carbocycles. The van der Waals surface area contributed by atoms with Crippen molar-refractivity contribution in [1.29, 1.82) is 0 Å². The number of halogens is 3. The Kier molecular flexibility index (Phi) is 3.48. The molecule has 0 saturated heterocycles. The van der Waals surface area contributed by atoms with Crippen molar-refractivity contribution in [3.63, 3.8) is 0 Å². The summed E-state index contributed by atoms with van der Waals surface area (Å²) in [5, 5.41) is 2.82. The van der Waals surface area contributed by atoms with Crippen molar-refractivity contribution >= 4 is 11.7 Å². The SMILES string of the molecule is Nc1nc(-c2ccccc2)cc(C(F)(F)F)c1C1=NCCN1. The Morgan fingerprint density at radius 3 is 2.45 bits per heavy atom. The fourth-order valence-corrected chi connectivity index (χ4v) is 2.36. The number of aromatic nitrogens is 1. The van der Waals surface area contributed by atoms with Crippen LogP contribution >= 0.6 is 0 Å². The first-order valence-electron chi connectivity index (χ1n) is 6.68. The van der Waals surface area contributed by atoms with E-state index in [1.807, 2.05) is 0 Å². The molecule has 1 aromatic carbocycles. The molecule has 7 heteroatoms. The zero-order chi connectivity index (χ0) is 15.7. The number of nitrogens with one attached hydrogen (secondary N) is 1. The first kappa shape index (κ1) is 14.4. The molecule has 3 rings (SSSR count). The molecule has 0 aliphatic carbocycles. The number of anilines is 1. The highest BCUT2D eigenvalue weighted by Gasteiger charge is 2.37. The molecule has 1 aliphatic rings. The number of nitrogens with zero attached hydrogens (tertiary/aromatic N) is 2. The van der Waals surface area contributed by atoms with E-state index >= 15 is 0 Å². The average Bonchev–Trinajstić information content (AvgIpc) is 3.00. The maximum atomic E-state index is 13.4. The summed E-state index contributed by atoms with van der Waals surface area (Å²) >= 11 is 0. The van der Waals surface area contributed by atoms with Crippen molar-refractivity contribution in [2.75, 3.05) is 18.8 Å². The summed E-state index contributed by atoms with van der Waals surface area (Å²) in [6, 6.07) is 9.64. The molecule has 22 heavy (non-hydrogen) atoms. The van der Waals surface area contributed by atoms with E-state index in [9.17, 15) is 13.2 Å². The summed E-state index contributed by atoms with van der Waals surface area (Å²) in [6.07, 6.45) is -4.54. The predicted molar refractivity (Wildman–Crippen MR) is 78.5 cm³/mol. The van der Waals surface area contributed by atoms with Gasteiger partial charge >= 0.3 is 6.18 Å². The second kappa shape index (κ2) is 5.32. The highest BCUT2D eigenvalue weighted by atomic mass is 19.4. The summed E-state index contributed by atoms with van der Waals surface area (Å²) in [6.45, 7) is 0.916. The molecule has 2 heterocycles. The molecule has 0 radical (unpaired) electrons. The number of amidine groups is 1. The molecule has 0 unspecified atom stereocenters. The number of aliphatic imine (C=N–C) groups is 1. The van der Waals surface area contributed by atoms with Crippen LogP contribution in [0.4, 0.5) is 19.0 Å². The summed E-state index contributed by atoms with van der Waals surface area (Å²) in [5.41, 5.74) is 5.57. The molecular weight excluding hydrogens is 293 g/mol. The first-order chi connectivity index (χ1) is 10.5. The van der Waals surface area contributed by atoms with E-state index in [1.165, 1.54) is 0 Å². The Morgan fingerprint density at radius 2 is 1.86 bits per heavy atom. The molecule has 114 valence electrons. The van der Waals surface area contributed by atoms with Crippen LogP contribution in [0.15, 0.2) is 41.4 Å². The molecule has 1 aromatic heterocycles. The molecule has 0 fully saturated rings. The van der Waals surface area contributed by atoms with E-state index in [2.05, 4.69) is 15.3 Å². The van der Waals surface area contributed by atoms with Crippen LogP contribution < -0.4 is 11.1 Å². The lowest BCUT2D eigenvalue weighted by Gasteiger charge is -2.16. The van der Waals surface area contributed by atoms with E-state index in [0.717, 1.165) is 6.07 Å². The first-order valence-corrected chi connectivity index (χ1v) is 6.68. The van der Waals surface area contributed by atoms with Crippen molar-refractivity contribution in [3.05, 3.63) is 47.5 Å². The number of hydrogen-bond acceptors (Lipinski definition) is 4. The molecule has 0 atom stereocenters. The number of alkyl halides is 3. The van der Waals surface area contributed by atoms with Crippen molar-refractivity contribution in [2.24, 2.45) is 4.99 Å². The Morgan fingerprint density at radius 1 is 1.14 bits per heavy atom. The summed E-state index contributed by atoms with van der Waals surface area (Å²) in [5.74, 6) is -0.0289. The second-order valence-corrected chi connectivity index (χ2v) is 4.84. The lowest BCUT2D eigenvalue weighted by molar-refractivity contribution is -0.137. The van der Waals surface area contributed by atoms with Crippen LogP contribution in [0.2, 0.25) is 0 Å². The smallest absolute Gasteiger partial charge is 0.383 e. The van der Waals surface area contributed by atoms with Gasteiger partial charge in [-0.2, -0.15) is 13.2 Å². The van der Waals surface area contributed by atoms with E-state index in [0.29, 0.717) is 18.7 Å². The summed E-state index contributed by atoms with van der Waals surface area (Å²) in [7, 11) is 0. The molecule has 2 aromatic rings. The highest BCUT2D eigenvalue weighted by Crippen LogP contribution is 2.36. The number of pyridine rings is 1. The summed E-state index contributed by atoms with van der Waals surface area (Å²) < 4.78 is 40.2. The lowest BCUT2D eigenvalue weighted by atomic mass is 10.0. The minimum Gasteiger partial charge on any atom is -0.383 e. The fraction of sp³-hybridized carbons (Fsp3) is 0.200. The van der Waals surface area contributed by atoms with Gasteiger partial charge in [-0.3, -0.25) is 4.99 Å². The number of nitrogen functional groups attached to an aromatic ring is 1. The third-order valence-corrected chi connectivity index (χ3v) is 3.33. The van der Waals surface area contributed by atoms with Gasteiger partial charge in [0.1, 0.15) is 11.7 Å². The minimum atomic E-state index is -4.54. The molecule has 0 amide bonds. The van der Waals surface area contributed by atoms with Crippen LogP contribution in [0, 0.1) is 0 Å². The van der Waals surface area contributed by atoms with Gasteiger partial charge in [0, 0.05) is 12.1 Å². The molecular formula is C15H13F3N4. The van der Waals surface area contributed by atoms with E-state index in [1.54, 1.807) is 30.3 Å². The van der Waals surface area contributed by atoms with Gasteiger partial charge in [-0.05, 0) is 6.07 Å². The van der Waals surface area contributed by atoms with E-state index in [-0.39, 0.29) is 22.9 Å². The van der Waals surface area contributed by atoms with Gasteiger partial charge in [-0.15, -0.1) is 0 Å². The van der Waals surface area contributed by atoms with E-state index in [4.69, 9.17) is 5.73 Å². The van der Waals surface area contributed by atoms with Crippen LogP contribution in [0.5, 0.6) is 0 Å².